The molecule has 0 saturated heterocycles. The minimum absolute atomic E-state index is 0.103. The van der Waals surface area contributed by atoms with Gasteiger partial charge in [0, 0.05) is 12.4 Å². The summed E-state index contributed by atoms with van der Waals surface area (Å²) in [6.07, 6.45) is 2.96. The summed E-state index contributed by atoms with van der Waals surface area (Å²) in [6, 6.07) is 6.33. The van der Waals surface area contributed by atoms with Crippen LogP contribution < -0.4 is 10.5 Å². The molecule has 94 valence electrons. The highest BCUT2D eigenvalue weighted by molar-refractivity contribution is 7.92. The highest BCUT2D eigenvalue weighted by atomic mass is 32.2. The fraction of sp³-hybridized carbons (Fsp3) is 0.0909. The van der Waals surface area contributed by atoms with Crippen LogP contribution in [0.3, 0.4) is 0 Å². The summed E-state index contributed by atoms with van der Waals surface area (Å²) in [4.78, 5) is 7.78. The van der Waals surface area contributed by atoms with Crippen LogP contribution in [0.15, 0.2) is 41.7 Å². The van der Waals surface area contributed by atoms with Gasteiger partial charge in [0.15, 0.2) is 5.03 Å². The predicted octanol–water partition coefficient (Wildman–Crippen LogP) is 1.17. The topological polar surface area (TPSA) is 98.0 Å². The second-order valence-corrected chi connectivity index (χ2v) is 5.24. The maximum absolute atomic E-state index is 12.1. The number of nitrogens with one attached hydrogen (secondary N) is 1. The first kappa shape index (κ1) is 12.3. The molecule has 6 nitrogen and oxygen atoms in total. The van der Waals surface area contributed by atoms with Gasteiger partial charge in [0.2, 0.25) is 0 Å². The highest BCUT2D eigenvalue weighted by Crippen LogP contribution is 2.19. The van der Waals surface area contributed by atoms with Crippen molar-refractivity contribution >= 4 is 21.4 Å². The lowest BCUT2D eigenvalue weighted by Gasteiger charge is -2.10. The fourth-order valence-corrected chi connectivity index (χ4v) is 2.59. The first-order valence-electron chi connectivity index (χ1n) is 5.15. The van der Waals surface area contributed by atoms with Gasteiger partial charge in [-0.3, -0.25) is 9.71 Å². The van der Waals surface area contributed by atoms with Gasteiger partial charge in [-0.25, -0.2) is 4.98 Å². The molecule has 0 saturated carbocycles. The van der Waals surface area contributed by atoms with Crippen LogP contribution in [0.1, 0.15) is 5.69 Å². The number of hydrogen-bond donors (Lipinski definition) is 2. The number of nitrogens with zero attached hydrogens (tertiary/aromatic N) is 2. The van der Waals surface area contributed by atoms with E-state index < -0.39 is 10.0 Å². The Labute approximate surface area is 105 Å². The number of hydrogen-bond acceptors (Lipinski definition) is 5. The second kappa shape index (κ2) is 4.61. The fourth-order valence-electron chi connectivity index (χ4n) is 1.41. The quantitative estimate of drug-likeness (QED) is 0.867. The maximum Gasteiger partial charge on any atom is 0.281 e. The molecule has 7 heteroatoms. The van der Waals surface area contributed by atoms with Crippen LogP contribution in [0.2, 0.25) is 0 Å². The van der Waals surface area contributed by atoms with Crippen molar-refractivity contribution in [2.45, 2.75) is 11.9 Å². The Morgan fingerprint density at radius 1 is 1.17 bits per heavy atom. The van der Waals surface area contributed by atoms with Crippen molar-refractivity contribution in [2.24, 2.45) is 0 Å². The molecule has 0 atom stereocenters. The molecule has 2 heterocycles. The molecule has 0 spiro atoms. The van der Waals surface area contributed by atoms with Gasteiger partial charge in [0.25, 0.3) is 10.0 Å². The molecule has 2 aromatic heterocycles. The molecule has 3 N–H and O–H groups in total. The van der Waals surface area contributed by atoms with Crippen molar-refractivity contribution in [1.82, 2.24) is 9.97 Å². The summed E-state index contributed by atoms with van der Waals surface area (Å²) in [5, 5.41) is -0.187. The Morgan fingerprint density at radius 3 is 2.50 bits per heavy atom. The van der Waals surface area contributed by atoms with Crippen LogP contribution in [0, 0.1) is 6.92 Å². The van der Waals surface area contributed by atoms with E-state index in [1.165, 1.54) is 12.3 Å². The minimum atomic E-state index is -3.79. The largest absolute Gasteiger partial charge is 0.396 e. The highest BCUT2D eigenvalue weighted by Gasteiger charge is 2.19. The van der Waals surface area contributed by atoms with E-state index in [9.17, 15) is 8.42 Å². The number of aryl methyl sites for hydroxylation is 1. The van der Waals surface area contributed by atoms with Gasteiger partial charge < -0.3 is 5.73 Å². The minimum Gasteiger partial charge on any atom is -0.396 e. The molecule has 0 unspecified atom stereocenters. The first-order chi connectivity index (χ1) is 8.50. The SMILES string of the molecule is Cc1ncccc1NS(=O)(=O)c1ncccc1N. The van der Waals surface area contributed by atoms with Crippen LogP contribution in [-0.4, -0.2) is 18.4 Å². The van der Waals surface area contributed by atoms with E-state index in [0.29, 0.717) is 11.4 Å². The zero-order chi connectivity index (χ0) is 13.2. The third kappa shape index (κ3) is 2.40. The van der Waals surface area contributed by atoms with Gasteiger partial charge in [-0.15, -0.1) is 0 Å². The molecule has 18 heavy (non-hydrogen) atoms. The summed E-state index contributed by atoms with van der Waals surface area (Å²) in [7, 11) is -3.79. The molecule has 2 rings (SSSR count). The van der Waals surface area contributed by atoms with Crippen LogP contribution in [0.25, 0.3) is 0 Å². The van der Waals surface area contributed by atoms with Crippen molar-refractivity contribution in [3.63, 3.8) is 0 Å². The Hall–Kier alpha value is -2.15. The Kier molecular flexibility index (Phi) is 3.15. The monoisotopic (exact) mass is 264 g/mol. The number of nitrogens with two attached hydrogens (primary N) is 1. The molecule has 0 aliphatic carbocycles. The predicted molar refractivity (Wildman–Crippen MR) is 68.4 cm³/mol. The van der Waals surface area contributed by atoms with Gasteiger partial charge >= 0.3 is 0 Å². The zero-order valence-electron chi connectivity index (χ0n) is 9.66. The molecule has 0 amide bonds. The Morgan fingerprint density at radius 2 is 1.83 bits per heavy atom. The zero-order valence-corrected chi connectivity index (χ0v) is 10.5. The van der Waals surface area contributed by atoms with Gasteiger partial charge in [0.05, 0.1) is 17.1 Å². The molecule has 0 bridgehead atoms. The maximum atomic E-state index is 12.1. The van der Waals surface area contributed by atoms with Gasteiger partial charge in [-0.1, -0.05) is 0 Å². The lowest BCUT2D eigenvalue weighted by molar-refractivity contribution is 0.598. The summed E-state index contributed by atoms with van der Waals surface area (Å²) in [6.45, 7) is 1.71. The van der Waals surface area contributed by atoms with Crippen LogP contribution in [0.4, 0.5) is 11.4 Å². The van der Waals surface area contributed by atoms with Gasteiger partial charge in [-0.05, 0) is 31.2 Å². The molecule has 2 aromatic rings. The molecule has 0 aliphatic rings. The van der Waals surface area contributed by atoms with Crippen molar-refractivity contribution < 1.29 is 8.42 Å². The van der Waals surface area contributed by atoms with Crippen molar-refractivity contribution in [3.8, 4) is 0 Å². The van der Waals surface area contributed by atoms with E-state index in [1.54, 1.807) is 31.3 Å². The van der Waals surface area contributed by atoms with Crippen molar-refractivity contribution in [1.29, 1.82) is 0 Å². The second-order valence-electron chi connectivity index (χ2n) is 3.64. The summed E-state index contributed by atoms with van der Waals surface area (Å²) in [5.41, 5.74) is 6.69. The van der Waals surface area contributed by atoms with Crippen molar-refractivity contribution in [2.75, 3.05) is 10.5 Å². The van der Waals surface area contributed by atoms with Gasteiger partial charge in [0.1, 0.15) is 0 Å². The summed E-state index contributed by atoms with van der Waals surface area (Å²) < 4.78 is 26.6. The van der Waals surface area contributed by atoms with E-state index in [4.69, 9.17) is 5.73 Å². The number of pyridine rings is 2. The van der Waals surface area contributed by atoms with Crippen LogP contribution >= 0.6 is 0 Å². The normalized spacial score (nSPS) is 11.2. The standard InChI is InChI=1S/C11H12N4O2S/c1-8-10(5-3-6-13-8)15-18(16,17)11-9(12)4-2-7-14-11/h2-7,15H,12H2,1H3. The van der Waals surface area contributed by atoms with E-state index in [0.717, 1.165) is 0 Å². The lowest BCUT2D eigenvalue weighted by atomic mass is 10.3. The first-order valence-corrected chi connectivity index (χ1v) is 6.64. The van der Waals surface area contributed by atoms with Crippen LogP contribution in [-0.2, 0) is 10.0 Å². The van der Waals surface area contributed by atoms with Gasteiger partial charge in [-0.2, -0.15) is 8.42 Å². The molecule has 0 fully saturated rings. The average Bonchev–Trinajstić information content (AvgIpc) is 2.32. The molecule has 0 aromatic carbocycles. The lowest BCUT2D eigenvalue weighted by Crippen LogP contribution is -2.17. The summed E-state index contributed by atoms with van der Waals surface area (Å²) in [5.74, 6) is 0. The van der Waals surface area contributed by atoms with E-state index in [2.05, 4.69) is 14.7 Å². The summed E-state index contributed by atoms with van der Waals surface area (Å²) >= 11 is 0. The van der Waals surface area contributed by atoms with E-state index >= 15 is 0 Å². The smallest absolute Gasteiger partial charge is 0.281 e. The number of sulfonamides is 1. The molecular formula is C11H12N4O2S. The van der Waals surface area contributed by atoms with E-state index in [-0.39, 0.29) is 10.7 Å². The van der Waals surface area contributed by atoms with Crippen LogP contribution in [0.5, 0.6) is 0 Å². The third-order valence-electron chi connectivity index (χ3n) is 2.31. The number of aromatic nitrogens is 2. The number of nitrogen functional groups attached to an aromatic ring is 1. The molecule has 0 radical (unpaired) electrons. The Bertz CT molecular complexity index is 670. The Balaban J connectivity index is 2.40. The van der Waals surface area contributed by atoms with Crippen molar-refractivity contribution in [3.05, 3.63) is 42.4 Å². The molecule has 0 aliphatic heterocycles. The number of anilines is 2. The average molecular weight is 264 g/mol. The van der Waals surface area contributed by atoms with E-state index in [1.807, 2.05) is 0 Å². The third-order valence-corrected chi connectivity index (χ3v) is 3.65. The molecular weight excluding hydrogens is 252 g/mol. The number of rotatable bonds is 3.